The van der Waals surface area contributed by atoms with Gasteiger partial charge in [0.2, 0.25) is 5.56 Å². The molecule has 0 saturated carbocycles. The average molecular weight is 294 g/mol. The maximum atomic E-state index is 11.7. The Morgan fingerprint density at radius 3 is 2.76 bits per heavy atom. The first-order chi connectivity index (χ1) is 8.15. The Balaban J connectivity index is 2.17. The Bertz CT molecular complexity index is 592. The maximum absolute atomic E-state index is 11.7. The summed E-state index contributed by atoms with van der Waals surface area (Å²) in [6, 6.07) is 7.81. The van der Waals surface area contributed by atoms with Crippen LogP contribution in [0.4, 0.5) is 5.69 Å². The lowest BCUT2D eigenvalue weighted by Gasteiger charge is -2.04. The van der Waals surface area contributed by atoms with E-state index >= 15 is 0 Å². The molecule has 0 aliphatic heterocycles. The summed E-state index contributed by atoms with van der Waals surface area (Å²) in [5, 5.41) is 2.62. The minimum absolute atomic E-state index is 0.209. The van der Waals surface area contributed by atoms with Gasteiger partial charge in [-0.2, -0.15) is 0 Å². The van der Waals surface area contributed by atoms with Crippen LogP contribution < -0.4 is 10.9 Å². The molecule has 0 aliphatic rings. The number of halogens is 1. The number of carbonyl (C=O) groups excluding carboxylic acids is 1. The molecule has 0 saturated heterocycles. The second kappa shape index (κ2) is 4.92. The number of amides is 1. The van der Waals surface area contributed by atoms with Gasteiger partial charge in [-0.15, -0.1) is 0 Å². The molecule has 0 aromatic carbocycles. The number of nitrogens with one attached hydrogen (secondary N) is 2. The molecule has 5 nitrogen and oxygen atoms in total. The van der Waals surface area contributed by atoms with E-state index in [9.17, 15) is 9.59 Å². The van der Waals surface area contributed by atoms with Gasteiger partial charge in [0.05, 0.1) is 11.9 Å². The Labute approximate surface area is 105 Å². The van der Waals surface area contributed by atoms with E-state index in [1.807, 2.05) is 0 Å². The predicted molar refractivity (Wildman–Crippen MR) is 67.0 cm³/mol. The first-order valence-corrected chi connectivity index (χ1v) is 5.57. The van der Waals surface area contributed by atoms with Gasteiger partial charge in [0, 0.05) is 6.07 Å². The van der Waals surface area contributed by atoms with Crippen molar-refractivity contribution in [3.63, 3.8) is 0 Å². The summed E-state index contributed by atoms with van der Waals surface area (Å²) < 4.78 is 0.684. The van der Waals surface area contributed by atoms with Crippen molar-refractivity contribution in [1.29, 1.82) is 0 Å². The van der Waals surface area contributed by atoms with Gasteiger partial charge in [-0.3, -0.25) is 9.59 Å². The van der Waals surface area contributed by atoms with Gasteiger partial charge in [-0.1, -0.05) is 6.07 Å². The van der Waals surface area contributed by atoms with Crippen molar-refractivity contribution in [2.75, 3.05) is 5.32 Å². The van der Waals surface area contributed by atoms with E-state index in [-0.39, 0.29) is 17.2 Å². The number of rotatable bonds is 2. The minimum Gasteiger partial charge on any atom is -0.319 e. The molecule has 0 aliphatic carbocycles. The molecule has 2 N–H and O–H groups in total. The highest BCUT2D eigenvalue weighted by Crippen LogP contribution is 2.10. The summed E-state index contributed by atoms with van der Waals surface area (Å²) >= 11 is 3.19. The van der Waals surface area contributed by atoms with Crippen LogP contribution >= 0.6 is 15.9 Å². The van der Waals surface area contributed by atoms with Crippen LogP contribution in [0.3, 0.4) is 0 Å². The quantitative estimate of drug-likeness (QED) is 0.829. The van der Waals surface area contributed by atoms with Crippen molar-refractivity contribution in [3.05, 3.63) is 57.2 Å². The van der Waals surface area contributed by atoms with Crippen LogP contribution in [0.15, 0.2) is 45.9 Å². The zero-order valence-electron chi connectivity index (χ0n) is 8.61. The SMILES string of the molecule is O=C(Nc1ccc(Br)nc1)c1cccc(=O)[nH]1. The highest BCUT2D eigenvalue weighted by molar-refractivity contribution is 9.10. The molecule has 2 heterocycles. The summed E-state index contributed by atoms with van der Waals surface area (Å²) in [6.45, 7) is 0. The van der Waals surface area contributed by atoms with Gasteiger partial charge in [-0.05, 0) is 34.1 Å². The molecule has 6 heteroatoms. The van der Waals surface area contributed by atoms with Crippen molar-refractivity contribution < 1.29 is 4.79 Å². The van der Waals surface area contributed by atoms with E-state index in [2.05, 4.69) is 31.2 Å². The Hall–Kier alpha value is -1.95. The Morgan fingerprint density at radius 2 is 2.12 bits per heavy atom. The third-order valence-electron chi connectivity index (χ3n) is 2.00. The monoisotopic (exact) mass is 293 g/mol. The first kappa shape index (κ1) is 11.5. The van der Waals surface area contributed by atoms with Crippen LogP contribution in [-0.4, -0.2) is 15.9 Å². The third kappa shape index (κ3) is 3.01. The normalized spacial score (nSPS) is 9.94. The van der Waals surface area contributed by atoms with E-state index < -0.39 is 0 Å². The lowest BCUT2D eigenvalue weighted by atomic mass is 10.3. The fraction of sp³-hybridized carbons (Fsp3) is 0. The van der Waals surface area contributed by atoms with Crippen LogP contribution in [0.2, 0.25) is 0 Å². The molecular formula is C11H8BrN3O2. The Kier molecular flexibility index (Phi) is 3.34. The predicted octanol–water partition coefficient (Wildman–Crippen LogP) is 1.78. The molecule has 0 spiro atoms. The van der Waals surface area contributed by atoms with E-state index in [0.29, 0.717) is 10.3 Å². The largest absolute Gasteiger partial charge is 0.319 e. The number of nitrogens with zero attached hydrogens (tertiary/aromatic N) is 1. The first-order valence-electron chi connectivity index (χ1n) is 4.77. The van der Waals surface area contributed by atoms with E-state index in [0.717, 1.165) is 0 Å². The average Bonchev–Trinajstić information content (AvgIpc) is 2.32. The Morgan fingerprint density at radius 1 is 1.29 bits per heavy atom. The molecule has 0 atom stereocenters. The summed E-state index contributed by atoms with van der Waals surface area (Å²) in [5.41, 5.74) is 0.454. The number of aromatic nitrogens is 2. The van der Waals surface area contributed by atoms with Crippen LogP contribution in [0.5, 0.6) is 0 Å². The van der Waals surface area contributed by atoms with Gasteiger partial charge < -0.3 is 10.3 Å². The van der Waals surface area contributed by atoms with Crippen LogP contribution in [-0.2, 0) is 0 Å². The number of carbonyl (C=O) groups is 1. The van der Waals surface area contributed by atoms with Crippen molar-refractivity contribution in [2.24, 2.45) is 0 Å². The minimum atomic E-state index is -0.383. The number of anilines is 1. The van der Waals surface area contributed by atoms with Gasteiger partial charge in [0.25, 0.3) is 5.91 Å². The number of hydrogen-bond donors (Lipinski definition) is 2. The summed E-state index contributed by atoms with van der Waals surface area (Å²) in [7, 11) is 0. The zero-order valence-corrected chi connectivity index (χ0v) is 10.2. The molecular weight excluding hydrogens is 286 g/mol. The number of hydrogen-bond acceptors (Lipinski definition) is 3. The molecule has 0 bridgehead atoms. The van der Waals surface area contributed by atoms with Gasteiger partial charge in [0.1, 0.15) is 10.3 Å². The van der Waals surface area contributed by atoms with Crippen molar-refractivity contribution in [3.8, 4) is 0 Å². The molecule has 2 rings (SSSR count). The van der Waals surface area contributed by atoms with Gasteiger partial charge in [-0.25, -0.2) is 4.98 Å². The highest BCUT2D eigenvalue weighted by Gasteiger charge is 2.06. The van der Waals surface area contributed by atoms with Crippen molar-refractivity contribution in [2.45, 2.75) is 0 Å². The molecule has 2 aromatic heterocycles. The summed E-state index contributed by atoms with van der Waals surface area (Å²) in [5.74, 6) is -0.383. The van der Waals surface area contributed by atoms with Crippen molar-refractivity contribution >= 4 is 27.5 Å². The number of pyridine rings is 2. The smallest absolute Gasteiger partial charge is 0.272 e. The van der Waals surface area contributed by atoms with Crippen LogP contribution in [0, 0.1) is 0 Å². The fourth-order valence-corrected chi connectivity index (χ4v) is 1.46. The lowest BCUT2D eigenvalue weighted by Crippen LogP contribution is -2.17. The van der Waals surface area contributed by atoms with Gasteiger partial charge in [0.15, 0.2) is 0 Å². The molecule has 0 radical (unpaired) electrons. The molecule has 17 heavy (non-hydrogen) atoms. The number of H-pyrrole nitrogens is 1. The molecule has 0 unspecified atom stereocenters. The lowest BCUT2D eigenvalue weighted by molar-refractivity contribution is 0.102. The van der Waals surface area contributed by atoms with Crippen molar-refractivity contribution in [1.82, 2.24) is 9.97 Å². The summed E-state index contributed by atoms with van der Waals surface area (Å²) in [4.78, 5) is 29.2. The zero-order chi connectivity index (χ0) is 12.3. The van der Waals surface area contributed by atoms with E-state index in [1.165, 1.54) is 24.4 Å². The van der Waals surface area contributed by atoms with E-state index in [1.54, 1.807) is 12.1 Å². The number of aromatic amines is 1. The van der Waals surface area contributed by atoms with Crippen LogP contribution in [0.1, 0.15) is 10.5 Å². The molecule has 2 aromatic rings. The van der Waals surface area contributed by atoms with Crippen LogP contribution in [0.25, 0.3) is 0 Å². The topological polar surface area (TPSA) is 74.8 Å². The fourth-order valence-electron chi connectivity index (χ4n) is 1.23. The summed E-state index contributed by atoms with van der Waals surface area (Å²) in [6.07, 6.45) is 1.52. The maximum Gasteiger partial charge on any atom is 0.272 e. The molecule has 86 valence electrons. The third-order valence-corrected chi connectivity index (χ3v) is 2.47. The highest BCUT2D eigenvalue weighted by atomic mass is 79.9. The van der Waals surface area contributed by atoms with E-state index in [4.69, 9.17) is 0 Å². The molecule has 1 amide bonds. The standard InChI is InChI=1S/C11H8BrN3O2/c12-9-5-4-7(6-13-9)14-11(17)8-2-1-3-10(16)15-8/h1-6H,(H,14,17)(H,15,16). The second-order valence-electron chi connectivity index (χ2n) is 3.25. The molecule has 0 fully saturated rings. The second-order valence-corrected chi connectivity index (χ2v) is 4.06. The van der Waals surface area contributed by atoms with Gasteiger partial charge >= 0.3 is 0 Å².